The monoisotopic (exact) mass is 395 g/mol. The number of amides is 1. The number of aromatic nitrogens is 2. The van der Waals surface area contributed by atoms with E-state index >= 15 is 0 Å². The Morgan fingerprint density at radius 1 is 1.04 bits per heavy atom. The third kappa shape index (κ3) is 5.70. The van der Waals surface area contributed by atoms with Gasteiger partial charge in [-0.1, -0.05) is 62.3 Å². The van der Waals surface area contributed by atoms with Gasteiger partial charge >= 0.3 is 6.01 Å². The molecule has 5 nitrogen and oxygen atoms in total. The van der Waals surface area contributed by atoms with Gasteiger partial charge in [0, 0.05) is 4.90 Å². The molecule has 0 atom stereocenters. The van der Waals surface area contributed by atoms with Gasteiger partial charge in [-0.25, -0.2) is 0 Å². The van der Waals surface area contributed by atoms with Crippen LogP contribution in [0.3, 0.4) is 0 Å². The maximum Gasteiger partial charge on any atom is 0.322 e. The summed E-state index contributed by atoms with van der Waals surface area (Å²) in [6.45, 7) is 6.42. The van der Waals surface area contributed by atoms with Crippen molar-refractivity contribution < 1.29 is 9.21 Å². The molecule has 0 aliphatic rings. The molecule has 28 heavy (non-hydrogen) atoms. The van der Waals surface area contributed by atoms with Crippen molar-refractivity contribution in [1.29, 1.82) is 0 Å². The Balaban J connectivity index is 1.54. The van der Waals surface area contributed by atoms with Crippen LogP contribution < -0.4 is 5.32 Å². The predicted molar refractivity (Wildman–Crippen MR) is 113 cm³/mol. The fourth-order valence-electron chi connectivity index (χ4n) is 2.79. The molecule has 1 aromatic heterocycles. The van der Waals surface area contributed by atoms with Crippen LogP contribution >= 0.6 is 11.8 Å². The summed E-state index contributed by atoms with van der Waals surface area (Å²) in [5.74, 6) is 1.83. The summed E-state index contributed by atoms with van der Waals surface area (Å²) in [6, 6.07) is 16.5. The van der Waals surface area contributed by atoms with Crippen molar-refractivity contribution in [2.75, 3.05) is 11.1 Å². The molecule has 3 aromatic rings. The van der Waals surface area contributed by atoms with Crippen molar-refractivity contribution in [3.05, 3.63) is 71.1 Å². The lowest BCUT2D eigenvalue weighted by atomic mass is 10.0. The number of anilines is 1. The van der Waals surface area contributed by atoms with Crippen molar-refractivity contribution in [2.45, 2.75) is 44.4 Å². The number of thioether (sulfide) groups is 1. The molecular formula is C22H25N3O2S. The summed E-state index contributed by atoms with van der Waals surface area (Å²) in [5, 5.41) is 10.6. The first-order valence-electron chi connectivity index (χ1n) is 9.46. The summed E-state index contributed by atoms with van der Waals surface area (Å²) in [5.41, 5.74) is 3.30. The zero-order chi connectivity index (χ0) is 19.9. The second kappa shape index (κ2) is 9.55. The molecule has 2 aromatic carbocycles. The molecule has 0 bridgehead atoms. The van der Waals surface area contributed by atoms with E-state index in [0.29, 0.717) is 18.2 Å². The normalized spacial score (nSPS) is 11.0. The molecule has 1 heterocycles. The van der Waals surface area contributed by atoms with E-state index in [1.165, 1.54) is 10.5 Å². The van der Waals surface area contributed by atoms with Crippen LogP contribution in [0.25, 0.3) is 0 Å². The van der Waals surface area contributed by atoms with E-state index in [4.69, 9.17) is 4.42 Å². The van der Waals surface area contributed by atoms with Gasteiger partial charge in [-0.3, -0.25) is 10.1 Å². The summed E-state index contributed by atoms with van der Waals surface area (Å²) < 4.78 is 5.56. The predicted octanol–water partition coefficient (Wildman–Crippen LogP) is 5.08. The average molecular weight is 396 g/mol. The fourth-order valence-corrected chi connectivity index (χ4v) is 3.45. The first-order chi connectivity index (χ1) is 13.5. The number of nitrogens with one attached hydrogen (secondary N) is 1. The first-order valence-corrected chi connectivity index (χ1v) is 10.4. The standard InChI is InChI=1S/C22H25N3O2S/c1-4-28-19-11-7-17(8-12-19)14-21-24-25-22(27-21)23-20(26)13-16-5-9-18(10-6-16)15(2)3/h5-12,15H,4,13-14H2,1-3H3,(H,23,25,26). The molecule has 6 heteroatoms. The van der Waals surface area contributed by atoms with Gasteiger partial charge in [0.2, 0.25) is 11.8 Å². The van der Waals surface area contributed by atoms with Crippen LogP contribution in [0.1, 0.15) is 49.3 Å². The average Bonchev–Trinajstić information content (AvgIpc) is 3.10. The van der Waals surface area contributed by atoms with E-state index < -0.39 is 0 Å². The first kappa shape index (κ1) is 20.1. The Morgan fingerprint density at radius 2 is 1.71 bits per heavy atom. The van der Waals surface area contributed by atoms with E-state index in [2.05, 4.69) is 72.7 Å². The molecular weight excluding hydrogens is 370 g/mol. The van der Waals surface area contributed by atoms with Gasteiger partial charge in [0.25, 0.3) is 0 Å². The largest absolute Gasteiger partial charge is 0.407 e. The number of carbonyl (C=O) groups is 1. The molecule has 0 aliphatic carbocycles. The van der Waals surface area contributed by atoms with Crippen molar-refractivity contribution >= 4 is 23.7 Å². The highest BCUT2D eigenvalue weighted by Gasteiger charge is 2.11. The van der Waals surface area contributed by atoms with Gasteiger partial charge in [-0.2, -0.15) is 0 Å². The fraction of sp³-hybridized carbons (Fsp3) is 0.318. The second-order valence-corrected chi connectivity index (χ2v) is 8.21. The molecule has 146 valence electrons. The summed E-state index contributed by atoms with van der Waals surface area (Å²) in [4.78, 5) is 13.5. The lowest BCUT2D eigenvalue weighted by Gasteiger charge is -2.06. The van der Waals surface area contributed by atoms with Crippen LogP contribution in [0.2, 0.25) is 0 Å². The van der Waals surface area contributed by atoms with Crippen LogP contribution in [0.4, 0.5) is 6.01 Å². The topological polar surface area (TPSA) is 68.0 Å². The molecule has 0 spiro atoms. The highest BCUT2D eigenvalue weighted by Crippen LogP contribution is 2.19. The summed E-state index contributed by atoms with van der Waals surface area (Å²) >= 11 is 1.80. The number of hydrogen-bond acceptors (Lipinski definition) is 5. The Morgan fingerprint density at radius 3 is 2.36 bits per heavy atom. The maximum atomic E-state index is 12.2. The molecule has 1 amide bonds. The van der Waals surface area contributed by atoms with Gasteiger partial charge in [-0.15, -0.1) is 16.9 Å². The quantitative estimate of drug-likeness (QED) is 0.539. The smallest absolute Gasteiger partial charge is 0.322 e. The van der Waals surface area contributed by atoms with Gasteiger partial charge in [0.1, 0.15) is 0 Å². The molecule has 0 unspecified atom stereocenters. The Labute approximate surface area is 170 Å². The van der Waals surface area contributed by atoms with Crippen LogP contribution in [0.15, 0.2) is 57.8 Å². The SMILES string of the molecule is CCSc1ccc(Cc2nnc(NC(=O)Cc3ccc(C(C)C)cc3)o2)cc1. The third-order valence-electron chi connectivity index (χ3n) is 4.31. The Kier molecular flexibility index (Phi) is 6.87. The van der Waals surface area contributed by atoms with Gasteiger partial charge in [0.15, 0.2) is 0 Å². The molecule has 0 fully saturated rings. The Bertz CT molecular complexity index is 902. The van der Waals surface area contributed by atoms with Crippen molar-refractivity contribution in [3.63, 3.8) is 0 Å². The molecule has 3 rings (SSSR count). The van der Waals surface area contributed by atoms with Crippen molar-refractivity contribution in [2.24, 2.45) is 0 Å². The van der Waals surface area contributed by atoms with Crippen molar-refractivity contribution in [3.8, 4) is 0 Å². The summed E-state index contributed by atoms with van der Waals surface area (Å²) in [6.07, 6.45) is 0.809. The minimum Gasteiger partial charge on any atom is -0.407 e. The maximum absolute atomic E-state index is 12.2. The van der Waals surface area contributed by atoms with Crippen molar-refractivity contribution in [1.82, 2.24) is 10.2 Å². The van der Waals surface area contributed by atoms with E-state index in [9.17, 15) is 4.79 Å². The van der Waals surface area contributed by atoms with E-state index in [1.54, 1.807) is 11.8 Å². The van der Waals surface area contributed by atoms with Gasteiger partial charge < -0.3 is 4.42 Å². The molecule has 0 radical (unpaired) electrons. The van der Waals surface area contributed by atoms with Crippen LogP contribution in [-0.2, 0) is 17.6 Å². The second-order valence-electron chi connectivity index (χ2n) is 6.88. The number of nitrogens with zero attached hydrogens (tertiary/aromatic N) is 2. The minimum atomic E-state index is -0.173. The lowest BCUT2D eigenvalue weighted by molar-refractivity contribution is -0.115. The highest BCUT2D eigenvalue weighted by atomic mass is 32.2. The van der Waals surface area contributed by atoms with Crippen LogP contribution in [0, 0.1) is 0 Å². The van der Waals surface area contributed by atoms with E-state index in [0.717, 1.165) is 16.9 Å². The van der Waals surface area contributed by atoms with Gasteiger partial charge in [-0.05, 0) is 40.5 Å². The number of rotatable bonds is 8. The summed E-state index contributed by atoms with van der Waals surface area (Å²) in [7, 11) is 0. The minimum absolute atomic E-state index is 0.136. The van der Waals surface area contributed by atoms with E-state index in [-0.39, 0.29) is 18.3 Å². The van der Waals surface area contributed by atoms with Crippen LogP contribution in [0.5, 0.6) is 0 Å². The third-order valence-corrected chi connectivity index (χ3v) is 5.21. The number of benzene rings is 2. The van der Waals surface area contributed by atoms with Crippen LogP contribution in [-0.4, -0.2) is 21.9 Å². The number of carbonyl (C=O) groups excluding carboxylic acids is 1. The zero-order valence-corrected chi connectivity index (χ0v) is 17.3. The van der Waals surface area contributed by atoms with E-state index in [1.807, 2.05) is 12.1 Å². The van der Waals surface area contributed by atoms with Gasteiger partial charge in [0.05, 0.1) is 12.8 Å². The molecule has 0 aliphatic heterocycles. The molecule has 0 saturated carbocycles. The highest BCUT2D eigenvalue weighted by molar-refractivity contribution is 7.99. The zero-order valence-electron chi connectivity index (χ0n) is 16.4. The lowest BCUT2D eigenvalue weighted by Crippen LogP contribution is -2.14. The molecule has 0 saturated heterocycles. The molecule has 1 N–H and O–H groups in total. The Hall–Kier alpha value is -2.60. The number of hydrogen-bond donors (Lipinski definition) is 1.